The van der Waals surface area contributed by atoms with Crippen LogP contribution in [0.5, 0.6) is 5.75 Å². The summed E-state index contributed by atoms with van der Waals surface area (Å²) in [7, 11) is 0. The fourth-order valence-corrected chi connectivity index (χ4v) is 3.85. The second-order valence-corrected chi connectivity index (χ2v) is 7.83. The third-order valence-electron chi connectivity index (χ3n) is 4.05. The molecule has 2 aromatic carbocycles. The zero-order valence-electron chi connectivity index (χ0n) is 16.0. The number of thioether (sulfide) groups is 1. The van der Waals surface area contributed by atoms with Gasteiger partial charge in [0.05, 0.1) is 11.5 Å². The summed E-state index contributed by atoms with van der Waals surface area (Å²) in [6.07, 6.45) is 1.81. The highest BCUT2D eigenvalue weighted by molar-refractivity contribution is 8.05. The normalized spacial score (nSPS) is 17.1. The summed E-state index contributed by atoms with van der Waals surface area (Å²) in [6, 6.07) is 12.7. The molecule has 1 atom stereocenters. The number of rotatable bonds is 7. The lowest BCUT2D eigenvalue weighted by atomic mass is 10.2. The molecular formula is C21H21ClN2O4S. The molecule has 8 heteroatoms. The Morgan fingerprint density at radius 1 is 1.28 bits per heavy atom. The number of amides is 1. The van der Waals surface area contributed by atoms with Crippen LogP contribution in [0.2, 0.25) is 5.02 Å². The molecule has 1 unspecified atom stereocenters. The van der Waals surface area contributed by atoms with E-state index in [1.54, 1.807) is 25.1 Å². The average molecular weight is 433 g/mol. The van der Waals surface area contributed by atoms with E-state index in [0.717, 1.165) is 16.8 Å². The Hall–Kier alpha value is -2.64. The predicted molar refractivity (Wildman–Crippen MR) is 116 cm³/mol. The van der Waals surface area contributed by atoms with Crippen LogP contribution in [-0.2, 0) is 14.3 Å². The van der Waals surface area contributed by atoms with Gasteiger partial charge in [0.1, 0.15) is 5.75 Å². The third kappa shape index (κ3) is 5.92. The number of esters is 1. The van der Waals surface area contributed by atoms with Crippen molar-refractivity contribution in [3.8, 4) is 5.75 Å². The van der Waals surface area contributed by atoms with E-state index < -0.39 is 5.97 Å². The average Bonchev–Trinajstić information content (AvgIpc) is 3.03. The van der Waals surface area contributed by atoms with Crippen LogP contribution in [-0.4, -0.2) is 30.6 Å². The first kappa shape index (κ1) is 21.1. The largest absolute Gasteiger partial charge is 0.482 e. The van der Waals surface area contributed by atoms with Gasteiger partial charge >= 0.3 is 5.97 Å². The second kappa shape index (κ2) is 9.71. The highest BCUT2D eigenvalue weighted by Crippen LogP contribution is 2.31. The molecule has 1 amide bonds. The van der Waals surface area contributed by atoms with E-state index in [9.17, 15) is 9.59 Å². The maximum Gasteiger partial charge on any atom is 0.344 e. The summed E-state index contributed by atoms with van der Waals surface area (Å²) in [5, 5.41) is 6.88. The molecule has 0 radical (unpaired) electrons. The molecule has 1 saturated heterocycles. The monoisotopic (exact) mass is 432 g/mol. The molecule has 3 rings (SSSR count). The highest BCUT2D eigenvalue weighted by Gasteiger charge is 2.27. The molecular weight excluding hydrogens is 412 g/mol. The maximum absolute atomic E-state index is 12.3. The van der Waals surface area contributed by atoms with E-state index >= 15 is 0 Å². The van der Waals surface area contributed by atoms with Gasteiger partial charge in [-0.25, -0.2) is 4.79 Å². The van der Waals surface area contributed by atoms with Crippen LogP contribution in [0.4, 0.5) is 5.69 Å². The van der Waals surface area contributed by atoms with E-state index in [4.69, 9.17) is 21.1 Å². The number of nitrogens with one attached hydrogen (secondary N) is 2. The minimum atomic E-state index is -0.410. The topological polar surface area (TPSA) is 76.7 Å². The number of ether oxygens (including phenoxy) is 2. The van der Waals surface area contributed by atoms with Crippen LogP contribution >= 0.6 is 23.4 Å². The Morgan fingerprint density at radius 3 is 2.72 bits per heavy atom. The van der Waals surface area contributed by atoms with Crippen LogP contribution in [0, 0.1) is 6.92 Å². The molecule has 1 fully saturated rings. The quantitative estimate of drug-likeness (QED) is 0.504. The van der Waals surface area contributed by atoms with Gasteiger partial charge in [0, 0.05) is 10.7 Å². The van der Waals surface area contributed by atoms with E-state index in [1.807, 2.05) is 37.3 Å². The Morgan fingerprint density at radius 2 is 2.03 bits per heavy atom. The molecule has 2 N–H and O–H groups in total. The number of hydrogen-bond acceptors (Lipinski definition) is 6. The first-order valence-electron chi connectivity index (χ1n) is 9.05. The Labute approximate surface area is 178 Å². The molecule has 1 aliphatic heterocycles. The summed E-state index contributed by atoms with van der Waals surface area (Å²) >= 11 is 7.40. The van der Waals surface area contributed by atoms with E-state index in [0.29, 0.717) is 22.3 Å². The number of carbonyl (C=O) groups is 2. The maximum atomic E-state index is 12.3. The third-order valence-corrected chi connectivity index (χ3v) is 5.31. The number of anilines is 1. The summed E-state index contributed by atoms with van der Waals surface area (Å²) in [5.41, 5.74) is 2.51. The lowest BCUT2D eigenvalue weighted by Gasteiger charge is -2.15. The van der Waals surface area contributed by atoms with Gasteiger partial charge in [0.2, 0.25) is 0 Å². The first-order chi connectivity index (χ1) is 13.9. The molecule has 0 aromatic heterocycles. The summed E-state index contributed by atoms with van der Waals surface area (Å²) < 4.78 is 10.2. The predicted octanol–water partition coefficient (Wildman–Crippen LogP) is 4.19. The lowest BCUT2D eigenvalue weighted by molar-refractivity contribution is -0.145. The summed E-state index contributed by atoms with van der Waals surface area (Å²) in [6.45, 7) is 3.89. The molecule has 0 spiro atoms. The smallest absolute Gasteiger partial charge is 0.344 e. The number of benzene rings is 2. The van der Waals surface area contributed by atoms with Gasteiger partial charge in [0.15, 0.2) is 12.1 Å². The van der Waals surface area contributed by atoms with E-state index in [2.05, 4.69) is 10.6 Å². The fraction of sp³-hybridized carbons (Fsp3) is 0.238. The number of hydrogen-bond donors (Lipinski definition) is 2. The highest BCUT2D eigenvalue weighted by atomic mass is 35.5. The van der Waals surface area contributed by atoms with Crippen molar-refractivity contribution in [2.24, 2.45) is 0 Å². The van der Waals surface area contributed by atoms with E-state index in [1.165, 1.54) is 11.8 Å². The lowest BCUT2D eigenvalue weighted by Crippen LogP contribution is -2.31. The molecule has 0 aliphatic carbocycles. The zero-order chi connectivity index (χ0) is 20.8. The van der Waals surface area contributed by atoms with Crippen molar-refractivity contribution in [1.82, 2.24) is 5.32 Å². The molecule has 2 aromatic rings. The van der Waals surface area contributed by atoms with Crippen molar-refractivity contribution < 1.29 is 19.1 Å². The SMILES string of the molecule is CCOC(=O)COc1ccc(/C=C2\SC(Nc3ccc(Cl)cc3C)NC2=O)cc1. The molecule has 1 heterocycles. The molecule has 0 saturated carbocycles. The molecule has 0 bridgehead atoms. The van der Waals surface area contributed by atoms with Crippen molar-refractivity contribution in [1.29, 1.82) is 0 Å². The van der Waals surface area contributed by atoms with Gasteiger partial charge in [-0.15, -0.1) is 0 Å². The number of aryl methyl sites for hydroxylation is 1. The fourth-order valence-electron chi connectivity index (χ4n) is 2.65. The van der Waals surface area contributed by atoms with Gasteiger partial charge in [-0.05, 0) is 61.4 Å². The molecule has 6 nitrogen and oxygen atoms in total. The summed E-state index contributed by atoms with van der Waals surface area (Å²) in [5.74, 6) is 0.00966. The Balaban J connectivity index is 1.60. The second-order valence-electron chi connectivity index (χ2n) is 6.25. The van der Waals surface area contributed by atoms with Crippen molar-refractivity contribution in [3.05, 3.63) is 63.5 Å². The van der Waals surface area contributed by atoms with Crippen LogP contribution < -0.4 is 15.4 Å². The Kier molecular flexibility index (Phi) is 7.06. The standard InChI is InChI=1S/C21H21ClN2O4S/c1-3-27-19(25)12-28-16-7-4-14(5-8-16)11-18-20(26)24-21(29-18)23-17-9-6-15(22)10-13(17)2/h4-11,21,23H,3,12H2,1-2H3,(H,24,26)/b18-11-. The van der Waals surface area contributed by atoms with Gasteiger partial charge in [-0.1, -0.05) is 35.5 Å². The van der Waals surface area contributed by atoms with Crippen molar-refractivity contribution in [2.45, 2.75) is 19.3 Å². The van der Waals surface area contributed by atoms with Gasteiger partial charge in [-0.2, -0.15) is 0 Å². The minimum absolute atomic E-state index is 0.135. The van der Waals surface area contributed by atoms with Crippen molar-refractivity contribution in [3.63, 3.8) is 0 Å². The summed E-state index contributed by atoms with van der Waals surface area (Å²) in [4.78, 5) is 24.2. The number of carbonyl (C=O) groups excluding carboxylic acids is 2. The van der Waals surface area contributed by atoms with Gasteiger partial charge in [0.25, 0.3) is 5.91 Å². The van der Waals surface area contributed by atoms with Crippen LogP contribution in [0.1, 0.15) is 18.1 Å². The van der Waals surface area contributed by atoms with Gasteiger partial charge in [-0.3, -0.25) is 4.79 Å². The number of halogens is 1. The van der Waals surface area contributed by atoms with Crippen LogP contribution in [0.15, 0.2) is 47.4 Å². The van der Waals surface area contributed by atoms with Crippen molar-refractivity contribution >= 4 is 47.0 Å². The van der Waals surface area contributed by atoms with Gasteiger partial charge < -0.3 is 20.1 Å². The molecule has 29 heavy (non-hydrogen) atoms. The van der Waals surface area contributed by atoms with Crippen LogP contribution in [0.3, 0.4) is 0 Å². The minimum Gasteiger partial charge on any atom is -0.482 e. The van der Waals surface area contributed by atoms with E-state index in [-0.39, 0.29) is 18.0 Å². The molecule has 152 valence electrons. The van der Waals surface area contributed by atoms with Crippen LogP contribution in [0.25, 0.3) is 6.08 Å². The first-order valence-corrected chi connectivity index (χ1v) is 10.3. The Bertz CT molecular complexity index is 931. The van der Waals surface area contributed by atoms with Crippen molar-refractivity contribution in [2.75, 3.05) is 18.5 Å². The molecule has 1 aliphatic rings. The zero-order valence-corrected chi connectivity index (χ0v) is 17.6.